The number of carbonyl (C=O) groups is 2. The molecule has 0 aromatic heterocycles. The van der Waals surface area contributed by atoms with Crippen molar-refractivity contribution in [3.8, 4) is 11.1 Å². The van der Waals surface area contributed by atoms with Gasteiger partial charge in [-0.2, -0.15) is 0 Å². The minimum absolute atomic E-state index is 0.135. The first-order valence-corrected chi connectivity index (χ1v) is 5.72. The van der Waals surface area contributed by atoms with E-state index < -0.39 is 11.9 Å². The molecule has 2 rings (SSSR count). The summed E-state index contributed by atoms with van der Waals surface area (Å²) in [4.78, 5) is 22.1. The minimum Gasteiger partial charge on any atom is -0.481 e. The van der Waals surface area contributed by atoms with E-state index >= 15 is 0 Å². The largest absolute Gasteiger partial charge is 0.481 e. The SMILES string of the molecule is O=C(O)Cc1ccccc1-c1ccccc1C(=O)O. The number of aliphatic carboxylic acids is 1. The summed E-state index contributed by atoms with van der Waals surface area (Å²) in [7, 11) is 0. The molecule has 0 aliphatic carbocycles. The second-order valence-electron chi connectivity index (χ2n) is 4.08. The molecule has 4 heteroatoms. The van der Waals surface area contributed by atoms with E-state index in [0.29, 0.717) is 16.7 Å². The lowest BCUT2D eigenvalue weighted by molar-refractivity contribution is -0.136. The number of aromatic carboxylic acids is 1. The Morgan fingerprint density at radius 2 is 1.42 bits per heavy atom. The van der Waals surface area contributed by atoms with Crippen LogP contribution in [0.1, 0.15) is 15.9 Å². The van der Waals surface area contributed by atoms with Crippen LogP contribution in [0.15, 0.2) is 48.5 Å². The lowest BCUT2D eigenvalue weighted by Crippen LogP contribution is -2.04. The Bertz CT molecular complexity index is 632. The molecule has 0 saturated carbocycles. The third kappa shape index (κ3) is 2.80. The number of hydrogen-bond acceptors (Lipinski definition) is 2. The van der Waals surface area contributed by atoms with Gasteiger partial charge < -0.3 is 10.2 Å². The smallest absolute Gasteiger partial charge is 0.336 e. The first kappa shape index (κ1) is 12.8. The normalized spacial score (nSPS) is 10.1. The molecule has 0 saturated heterocycles. The van der Waals surface area contributed by atoms with Crippen molar-refractivity contribution < 1.29 is 19.8 Å². The number of carboxylic acid groups (broad SMARTS) is 2. The monoisotopic (exact) mass is 256 g/mol. The average Bonchev–Trinajstić information content (AvgIpc) is 2.38. The number of carboxylic acids is 2. The van der Waals surface area contributed by atoms with Gasteiger partial charge in [0.15, 0.2) is 0 Å². The fourth-order valence-electron chi connectivity index (χ4n) is 2.00. The third-order valence-corrected chi connectivity index (χ3v) is 2.81. The van der Waals surface area contributed by atoms with Crippen molar-refractivity contribution in [2.24, 2.45) is 0 Å². The van der Waals surface area contributed by atoms with Gasteiger partial charge in [0.1, 0.15) is 0 Å². The number of rotatable bonds is 4. The van der Waals surface area contributed by atoms with E-state index in [1.165, 1.54) is 6.07 Å². The maximum absolute atomic E-state index is 11.2. The second kappa shape index (κ2) is 5.35. The van der Waals surface area contributed by atoms with Crippen LogP contribution in [-0.4, -0.2) is 22.2 Å². The molecule has 0 aliphatic rings. The van der Waals surface area contributed by atoms with E-state index in [-0.39, 0.29) is 12.0 Å². The van der Waals surface area contributed by atoms with Crippen molar-refractivity contribution in [1.29, 1.82) is 0 Å². The zero-order valence-electron chi connectivity index (χ0n) is 10.0. The van der Waals surface area contributed by atoms with Crippen LogP contribution < -0.4 is 0 Å². The summed E-state index contributed by atoms with van der Waals surface area (Å²) in [6.07, 6.45) is -0.135. The molecule has 19 heavy (non-hydrogen) atoms. The Kier molecular flexibility index (Phi) is 3.61. The molecule has 96 valence electrons. The van der Waals surface area contributed by atoms with Gasteiger partial charge in [0.2, 0.25) is 0 Å². The Hall–Kier alpha value is -2.62. The van der Waals surface area contributed by atoms with E-state index in [9.17, 15) is 14.7 Å². The first-order chi connectivity index (χ1) is 9.09. The lowest BCUT2D eigenvalue weighted by atomic mass is 9.94. The van der Waals surface area contributed by atoms with Crippen LogP contribution in [0.5, 0.6) is 0 Å². The van der Waals surface area contributed by atoms with E-state index in [1.54, 1.807) is 42.5 Å². The van der Waals surface area contributed by atoms with Crippen molar-refractivity contribution in [2.75, 3.05) is 0 Å². The summed E-state index contributed by atoms with van der Waals surface area (Å²) >= 11 is 0. The van der Waals surface area contributed by atoms with Crippen LogP contribution >= 0.6 is 0 Å². The highest BCUT2D eigenvalue weighted by atomic mass is 16.4. The highest BCUT2D eigenvalue weighted by Gasteiger charge is 2.14. The molecule has 0 heterocycles. The van der Waals surface area contributed by atoms with Crippen LogP contribution in [0.4, 0.5) is 0 Å². The summed E-state index contributed by atoms with van der Waals surface area (Å²) in [6.45, 7) is 0. The van der Waals surface area contributed by atoms with Crippen molar-refractivity contribution in [3.63, 3.8) is 0 Å². The molecule has 0 spiro atoms. The van der Waals surface area contributed by atoms with Gasteiger partial charge in [-0.15, -0.1) is 0 Å². The van der Waals surface area contributed by atoms with Gasteiger partial charge in [0.25, 0.3) is 0 Å². The Balaban J connectivity index is 2.59. The summed E-state index contributed by atoms with van der Waals surface area (Å²) in [5.41, 5.74) is 1.94. The van der Waals surface area contributed by atoms with Gasteiger partial charge in [0.05, 0.1) is 12.0 Å². The van der Waals surface area contributed by atoms with Gasteiger partial charge >= 0.3 is 11.9 Å². The molecule has 0 unspecified atom stereocenters. The molecule has 2 N–H and O–H groups in total. The molecule has 0 aliphatic heterocycles. The van der Waals surface area contributed by atoms with E-state index in [1.807, 2.05) is 0 Å². The van der Waals surface area contributed by atoms with Crippen molar-refractivity contribution in [1.82, 2.24) is 0 Å². The lowest BCUT2D eigenvalue weighted by Gasteiger charge is -2.10. The van der Waals surface area contributed by atoms with Crippen molar-refractivity contribution in [3.05, 3.63) is 59.7 Å². The van der Waals surface area contributed by atoms with Gasteiger partial charge in [-0.3, -0.25) is 4.79 Å². The molecule has 4 nitrogen and oxygen atoms in total. The summed E-state index contributed by atoms with van der Waals surface area (Å²) in [5, 5.41) is 18.1. The van der Waals surface area contributed by atoms with Gasteiger partial charge in [-0.25, -0.2) is 4.79 Å². The topological polar surface area (TPSA) is 74.6 Å². The Morgan fingerprint density at radius 1 is 0.842 bits per heavy atom. The molecule has 0 amide bonds. The standard InChI is InChI=1S/C15H12O4/c16-14(17)9-10-5-1-2-6-11(10)12-7-3-4-8-13(12)15(18)19/h1-8H,9H2,(H,16,17)(H,18,19). The molecule has 0 radical (unpaired) electrons. The van der Waals surface area contributed by atoms with Crippen molar-refractivity contribution >= 4 is 11.9 Å². The highest BCUT2D eigenvalue weighted by Crippen LogP contribution is 2.27. The summed E-state index contributed by atoms with van der Waals surface area (Å²) in [5.74, 6) is -1.97. The quantitative estimate of drug-likeness (QED) is 0.881. The van der Waals surface area contributed by atoms with Gasteiger partial charge in [-0.05, 0) is 22.8 Å². The molecule has 0 fully saturated rings. The molecule has 0 atom stereocenters. The van der Waals surface area contributed by atoms with Crippen LogP contribution in [-0.2, 0) is 11.2 Å². The summed E-state index contributed by atoms with van der Waals surface area (Å²) in [6, 6.07) is 13.5. The van der Waals surface area contributed by atoms with E-state index in [0.717, 1.165) is 0 Å². The maximum atomic E-state index is 11.2. The van der Waals surface area contributed by atoms with E-state index in [4.69, 9.17) is 5.11 Å². The van der Waals surface area contributed by atoms with Crippen LogP contribution in [0, 0.1) is 0 Å². The number of hydrogen-bond donors (Lipinski definition) is 2. The third-order valence-electron chi connectivity index (χ3n) is 2.81. The van der Waals surface area contributed by atoms with Crippen molar-refractivity contribution in [2.45, 2.75) is 6.42 Å². The van der Waals surface area contributed by atoms with Gasteiger partial charge in [-0.1, -0.05) is 42.5 Å². The van der Waals surface area contributed by atoms with E-state index in [2.05, 4.69) is 0 Å². The molecule has 2 aromatic carbocycles. The zero-order chi connectivity index (χ0) is 13.8. The fraction of sp³-hybridized carbons (Fsp3) is 0.0667. The Labute approximate surface area is 109 Å². The predicted octanol–water partition coefficient (Wildman–Crippen LogP) is 2.68. The summed E-state index contributed by atoms with van der Waals surface area (Å²) < 4.78 is 0. The predicted molar refractivity (Wildman–Crippen MR) is 70.2 cm³/mol. The fourth-order valence-corrected chi connectivity index (χ4v) is 2.00. The first-order valence-electron chi connectivity index (χ1n) is 5.72. The maximum Gasteiger partial charge on any atom is 0.336 e. The molecular weight excluding hydrogens is 244 g/mol. The minimum atomic E-state index is -1.03. The Morgan fingerprint density at radius 3 is 2.05 bits per heavy atom. The van der Waals surface area contributed by atoms with Gasteiger partial charge in [0, 0.05) is 0 Å². The van der Waals surface area contributed by atoms with Crippen LogP contribution in [0.2, 0.25) is 0 Å². The second-order valence-corrected chi connectivity index (χ2v) is 4.08. The molecule has 2 aromatic rings. The molecular formula is C15H12O4. The highest BCUT2D eigenvalue weighted by molar-refractivity contribution is 5.96. The van der Waals surface area contributed by atoms with Crippen LogP contribution in [0.3, 0.4) is 0 Å². The number of benzene rings is 2. The van der Waals surface area contributed by atoms with Crippen LogP contribution in [0.25, 0.3) is 11.1 Å². The zero-order valence-corrected chi connectivity index (χ0v) is 10.0. The average molecular weight is 256 g/mol. The molecule has 0 bridgehead atoms.